The van der Waals surface area contributed by atoms with Gasteiger partial charge in [-0.05, 0) is 48.7 Å². The first-order valence-corrected chi connectivity index (χ1v) is 13.7. The summed E-state index contributed by atoms with van der Waals surface area (Å²) < 4.78 is 10.7. The van der Waals surface area contributed by atoms with Crippen LogP contribution in [-0.2, 0) is 22.6 Å². The zero-order chi connectivity index (χ0) is 29.8. The van der Waals surface area contributed by atoms with E-state index in [4.69, 9.17) is 9.47 Å². The summed E-state index contributed by atoms with van der Waals surface area (Å²) in [5.41, 5.74) is 2.08. The van der Waals surface area contributed by atoms with Crippen molar-refractivity contribution in [3.05, 3.63) is 89.0 Å². The van der Waals surface area contributed by atoms with Crippen molar-refractivity contribution in [3.8, 4) is 17.2 Å². The molecule has 0 bridgehead atoms. The molecular weight excluding hydrogens is 542 g/mol. The van der Waals surface area contributed by atoms with Gasteiger partial charge in [-0.1, -0.05) is 42.5 Å². The number of nitrogens with one attached hydrogen (secondary N) is 2. The highest BCUT2D eigenvalue weighted by molar-refractivity contribution is 5.97. The number of β-amino-alcohol motifs (C(OH)–C–C–N with tert-alkyl or cyclic N) is 1. The van der Waals surface area contributed by atoms with Crippen LogP contribution >= 0.6 is 0 Å². The Balaban J connectivity index is 1.31. The molecule has 5 rings (SSSR count). The number of aromatic hydroxyl groups is 1. The number of carbonyl (C=O) groups excluding carboxylic acids is 3. The molecule has 3 aromatic rings. The average molecular weight is 576 g/mol. The largest absolute Gasteiger partial charge is 0.508 e. The third-order valence-corrected chi connectivity index (χ3v) is 7.57. The van der Waals surface area contributed by atoms with Crippen LogP contribution in [0.2, 0.25) is 0 Å². The topological polar surface area (TPSA) is 158 Å². The first kappa shape index (κ1) is 28.9. The number of aliphatic hydroxyl groups is 2. The number of ether oxygens (including phenoxy) is 2. The van der Waals surface area contributed by atoms with Crippen LogP contribution in [0.15, 0.2) is 66.7 Å². The van der Waals surface area contributed by atoms with Crippen molar-refractivity contribution in [1.82, 2.24) is 15.5 Å². The second kappa shape index (κ2) is 12.5. The number of phenolic OH excluding ortho intramolecular Hbond substituents is 1. The Kier molecular flexibility index (Phi) is 8.60. The average Bonchev–Trinajstić information content (AvgIpc) is 3.62. The summed E-state index contributed by atoms with van der Waals surface area (Å²) in [5, 5.41) is 37.3. The molecule has 220 valence electrons. The third kappa shape index (κ3) is 6.32. The van der Waals surface area contributed by atoms with Gasteiger partial charge in [-0.15, -0.1) is 0 Å². The van der Waals surface area contributed by atoms with Crippen LogP contribution < -0.4 is 20.1 Å². The fourth-order valence-corrected chi connectivity index (χ4v) is 5.23. The van der Waals surface area contributed by atoms with Crippen LogP contribution in [0.1, 0.15) is 33.5 Å². The Morgan fingerprint density at radius 2 is 1.76 bits per heavy atom. The van der Waals surface area contributed by atoms with Crippen molar-refractivity contribution in [3.63, 3.8) is 0 Å². The zero-order valence-corrected chi connectivity index (χ0v) is 23.0. The lowest BCUT2D eigenvalue weighted by atomic mass is 9.98. The molecule has 2 aliphatic heterocycles. The molecule has 0 spiro atoms. The number of carbonyl (C=O) groups is 3. The maximum absolute atomic E-state index is 13.6. The highest BCUT2D eigenvalue weighted by atomic mass is 16.7. The first-order chi connectivity index (χ1) is 20.2. The highest BCUT2D eigenvalue weighted by Gasteiger charge is 2.43. The number of nitrogens with zero attached hydrogens (tertiary/aromatic N) is 1. The predicted octanol–water partition coefficient (Wildman–Crippen LogP) is 1.41. The van der Waals surface area contributed by atoms with Crippen LogP contribution in [0.25, 0.3) is 0 Å². The fraction of sp³-hybridized carbons (Fsp3) is 0.323. The molecule has 42 heavy (non-hydrogen) atoms. The van der Waals surface area contributed by atoms with E-state index in [1.54, 1.807) is 37.3 Å². The van der Waals surface area contributed by atoms with Gasteiger partial charge in [0.1, 0.15) is 11.8 Å². The van der Waals surface area contributed by atoms with Gasteiger partial charge in [0.2, 0.25) is 12.7 Å². The standard InChI is InChI=1S/C31H33N3O8/c1-18-22(8-5-9-25(18)36)29(38)33-23(12-19-6-3-2-4-7-19)28(37)31(40)34-16-21(35)14-24(34)30(39)32-15-20-10-11-26-27(13-20)42-17-41-26/h2-11,13,21,23-24,28,35-37H,12,14-17H2,1H3,(H,32,39)(H,33,38)/t21-,23+,24+,28+/m1/s1. The summed E-state index contributed by atoms with van der Waals surface area (Å²) in [5.74, 6) is -0.709. The Morgan fingerprint density at radius 1 is 1.00 bits per heavy atom. The summed E-state index contributed by atoms with van der Waals surface area (Å²) >= 11 is 0. The van der Waals surface area contributed by atoms with Crippen molar-refractivity contribution >= 4 is 17.7 Å². The highest BCUT2D eigenvalue weighted by Crippen LogP contribution is 2.32. The molecule has 5 N–H and O–H groups in total. The minimum absolute atomic E-state index is 0.00360. The Labute approximate surface area is 242 Å². The minimum atomic E-state index is -1.72. The molecule has 0 radical (unpaired) electrons. The predicted molar refractivity (Wildman–Crippen MR) is 151 cm³/mol. The van der Waals surface area contributed by atoms with Crippen molar-refractivity contribution in [1.29, 1.82) is 0 Å². The van der Waals surface area contributed by atoms with Gasteiger partial charge in [0, 0.05) is 30.6 Å². The quantitative estimate of drug-likeness (QED) is 0.256. The normalized spacial score (nSPS) is 18.8. The molecule has 4 atom stereocenters. The molecule has 2 aliphatic rings. The van der Waals surface area contributed by atoms with E-state index in [1.165, 1.54) is 18.2 Å². The van der Waals surface area contributed by atoms with Crippen molar-refractivity contribution in [2.24, 2.45) is 0 Å². The van der Waals surface area contributed by atoms with Crippen LogP contribution in [-0.4, -0.2) is 75.6 Å². The van der Waals surface area contributed by atoms with Crippen LogP contribution in [0.5, 0.6) is 17.2 Å². The molecule has 0 unspecified atom stereocenters. The summed E-state index contributed by atoms with van der Waals surface area (Å²) in [6.45, 7) is 1.73. The van der Waals surface area contributed by atoms with E-state index in [9.17, 15) is 29.7 Å². The molecule has 1 fully saturated rings. The van der Waals surface area contributed by atoms with E-state index < -0.39 is 42.0 Å². The van der Waals surface area contributed by atoms with Crippen LogP contribution in [0.3, 0.4) is 0 Å². The van der Waals surface area contributed by atoms with Crippen molar-refractivity contribution < 1.29 is 39.2 Å². The smallest absolute Gasteiger partial charge is 0.254 e. The molecule has 3 aromatic carbocycles. The van der Waals surface area contributed by atoms with E-state index >= 15 is 0 Å². The maximum Gasteiger partial charge on any atom is 0.254 e. The Bertz CT molecular complexity index is 1460. The second-order valence-electron chi connectivity index (χ2n) is 10.5. The van der Waals surface area contributed by atoms with Crippen molar-refractivity contribution in [2.75, 3.05) is 13.3 Å². The summed E-state index contributed by atoms with van der Waals surface area (Å²) in [7, 11) is 0. The lowest BCUT2D eigenvalue weighted by Gasteiger charge is -2.30. The second-order valence-corrected chi connectivity index (χ2v) is 10.5. The molecule has 11 nitrogen and oxygen atoms in total. The Morgan fingerprint density at radius 3 is 2.55 bits per heavy atom. The van der Waals surface area contributed by atoms with E-state index in [-0.39, 0.29) is 44.0 Å². The lowest BCUT2D eigenvalue weighted by molar-refractivity contribution is -0.146. The van der Waals surface area contributed by atoms with Crippen LogP contribution in [0, 0.1) is 6.92 Å². The number of amides is 3. The monoisotopic (exact) mass is 575 g/mol. The van der Waals surface area contributed by atoms with Gasteiger partial charge in [0.15, 0.2) is 17.6 Å². The van der Waals surface area contributed by atoms with Crippen LogP contribution in [0.4, 0.5) is 0 Å². The molecule has 2 heterocycles. The van der Waals surface area contributed by atoms with Gasteiger partial charge < -0.3 is 40.3 Å². The third-order valence-electron chi connectivity index (χ3n) is 7.57. The SMILES string of the molecule is Cc1c(O)cccc1C(=O)N[C@@H](Cc1ccccc1)[C@H](O)C(=O)N1C[C@H](O)C[C@H]1C(=O)NCc1ccc2c(c1)OCO2. The molecule has 0 saturated carbocycles. The number of hydrogen-bond donors (Lipinski definition) is 5. The lowest BCUT2D eigenvalue weighted by Crippen LogP contribution is -2.55. The van der Waals surface area contributed by atoms with Gasteiger partial charge in [-0.2, -0.15) is 0 Å². The maximum atomic E-state index is 13.6. The molecular formula is C31H33N3O8. The van der Waals surface area contributed by atoms with Gasteiger partial charge >= 0.3 is 0 Å². The molecule has 3 amide bonds. The number of likely N-dealkylation sites (tertiary alicyclic amines) is 1. The number of phenols is 1. The summed E-state index contributed by atoms with van der Waals surface area (Å²) in [4.78, 5) is 41.2. The Hall–Kier alpha value is -4.61. The number of aliphatic hydroxyl groups excluding tert-OH is 2. The van der Waals surface area contributed by atoms with E-state index in [2.05, 4.69) is 10.6 Å². The van der Waals surface area contributed by atoms with E-state index in [0.717, 1.165) is 16.0 Å². The van der Waals surface area contributed by atoms with Crippen molar-refractivity contribution in [2.45, 2.75) is 50.6 Å². The number of rotatable bonds is 9. The van der Waals surface area contributed by atoms with Gasteiger partial charge in [-0.25, -0.2) is 0 Å². The van der Waals surface area contributed by atoms with Gasteiger partial charge in [0.25, 0.3) is 11.8 Å². The summed E-state index contributed by atoms with van der Waals surface area (Å²) in [6, 6.07) is 16.8. The number of hydrogen-bond acceptors (Lipinski definition) is 8. The first-order valence-electron chi connectivity index (χ1n) is 13.7. The molecule has 1 saturated heterocycles. The minimum Gasteiger partial charge on any atom is -0.508 e. The van der Waals surface area contributed by atoms with Gasteiger partial charge in [0.05, 0.1) is 12.1 Å². The molecule has 11 heteroatoms. The number of fused-ring (bicyclic) bond motifs is 1. The molecule has 0 aromatic heterocycles. The fourth-order valence-electron chi connectivity index (χ4n) is 5.23. The van der Waals surface area contributed by atoms with E-state index in [0.29, 0.717) is 17.1 Å². The zero-order valence-electron chi connectivity index (χ0n) is 23.0. The number of benzene rings is 3. The summed E-state index contributed by atoms with van der Waals surface area (Å²) in [6.07, 6.45) is -2.56. The molecule has 0 aliphatic carbocycles. The van der Waals surface area contributed by atoms with E-state index in [1.807, 2.05) is 18.2 Å². The van der Waals surface area contributed by atoms with Gasteiger partial charge in [-0.3, -0.25) is 14.4 Å².